The third kappa shape index (κ3) is 2.96. The van der Waals surface area contributed by atoms with E-state index >= 15 is 0 Å². The maximum Gasteiger partial charge on any atom is 0.140 e. The maximum atomic E-state index is 8.60. The Hall–Kier alpha value is -2.07. The molecule has 76 valence electrons. The molecular weight excluding hydrogens is 188 g/mol. The number of nitriles is 2. The van der Waals surface area contributed by atoms with Gasteiger partial charge in [-0.05, 0) is 19.1 Å². The van der Waals surface area contributed by atoms with Crippen LogP contribution in [0.15, 0.2) is 18.3 Å². The van der Waals surface area contributed by atoms with E-state index in [0.29, 0.717) is 18.7 Å². The van der Waals surface area contributed by atoms with E-state index < -0.39 is 0 Å². The Balaban J connectivity index is 2.75. The van der Waals surface area contributed by atoms with Crippen molar-refractivity contribution in [2.24, 2.45) is 0 Å². The fourth-order valence-electron chi connectivity index (χ4n) is 1.29. The molecule has 0 saturated carbocycles. The highest BCUT2D eigenvalue weighted by atomic mass is 15.1. The molecule has 0 unspecified atom stereocenters. The van der Waals surface area contributed by atoms with E-state index in [4.69, 9.17) is 10.5 Å². The predicted molar refractivity (Wildman–Crippen MR) is 57.1 cm³/mol. The van der Waals surface area contributed by atoms with Gasteiger partial charge >= 0.3 is 0 Å². The minimum absolute atomic E-state index is 0.412. The van der Waals surface area contributed by atoms with E-state index in [2.05, 4.69) is 16.0 Å². The molecule has 4 heteroatoms. The zero-order chi connectivity index (χ0) is 11.1. The van der Waals surface area contributed by atoms with Crippen molar-refractivity contribution in [2.45, 2.75) is 13.3 Å². The van der Waals surface area contributed by atoms with Crippen LogP contribution in [-0.2, 0) is 0 Å². The van der Waals surface area contributed by atoms with Crippen LogP contribution in [0, 0.1) is 22.7 Å². The third-order valence-corrected chi connectivity index (χ3v) is 2.10. The highest BCUT2D eigenvalue weighted by Crippen LogP contribution is 2.12. The first-order valence-electron chi connectivity index (χ1n) is 4.80. The fourth-order valence-corrected chi connectivity index (χ4v) is 1.29. The van der Waals surface area contributed by atoms with Gasteiger partial charge in [0, 0.05) is 13.1 Å². The van der Waals surface area contributed by atoms with Crippen LogP contribution in [0.2, 0.25) is 0 Å². The van der Waals surface area contributed by atoms with Crippen LogP contribution in [0.3, 0.4) is 0 Å². The molecule has 4 nitrogen and oxygen atoms in total. The van der Waals surface area contributed by atoms with E-state index in [1.165, 1.54) is 0 Å². The monoisotopic (exact) mass is 200 g/mol. The second-order valence-electron chi connectivity index (χ2n) is 3.00. The minimum atomic E-state index is 0.412. The Morgan fingerprint density at radius 3 is 2.67 bits per heavy atom. The molecule has 0 saturated heterocycles. The number of pyridine rings is 1. The summed E-state index contributed by atoms with van der Waals surface area (Å²) in [4.78, 5) is 6.04. The average molecular weight is 200 g/mol. The van der Waals surface area contributed by atoms with Crippen molar-refractivity contribution in [1.82, 2.24) is 4.98 Å². The zero-order valence-electron chi connectivity index (χ0n) is 8.64. The van der Waals surface area contributed by atoms with Crippen LogP contribution in [0.1, 0.15) is 19.0 Å². The summed E-state index contributed by atoms with van der Waals surface area (Å²) in [6, 6.07) is 7.62. The normalized spacial score (nSPS) is 9.00. The summed E-state index contributed by atoms with van der Waals surface area (Å²) in [5.74, 6) is 0. The number of nitrogens with zero attached hydrogens (tertiary/aromatic N) is 4. The molecule has 0 atom stereocenters. The first kappa shape index (κ1) is 11.0. The molecule has 15 heavy (non-hydrogen) atoms. The van der Waals surface area contributed by atoms with Gasteiger partial charge in [-0.2, -0.15) is 10.5 Å². The highest BCUT2D eigenvalue weighted by Gasteiger charge is 2.03. The van der Waals surface area contributed by atoms with Gasteiger partial charge in [0.2, 0.25) is 0 Å². The van der Waals surface area contributed by atoms with Gasteiger partial charge in [0.15, 0.2) is 0 Å². The topological polar surface area (TPSA) is 63.7 Å². The maximum absolute atomic E-state index is 8.60. The quantitative estimate of drug-likeness (QED) is 0.742. The Labute approximate surface area is 89.4 Å². The molecule has 1 heterocycles. The van der Waals surface area contributed by atoms with Gasteiger partial charge in [-0.3, -0.25) is 0 Å². The molecule has 0 radical (unpaired) electrons. The smallest absolute Gasteiger partial charge is 0.140 e. The largest absolute Gasteiger partial charge is 0.370 e. The van der Waals surface area contributed by atoms with Crippen molar-refractivity contribution < 1.29 is 0 Å². The predicted octanol–water partition coefficient (Wildman–Crippen LogP) is 1.69. The molecule has 0 N–H and O–H groups in total. The zero-order valence-corrected chi connectivity index (χ0v) is 8.64. The SMILES string of the molecule is CCN(CCC#N)c1ccc(C#N)nc1. The Morgan fingerprint density at radius 1 is 1.40 bits per heavy atom. The van der Waals surface area contributed by atoms with Gasteiger partial charge in [-0.25, -0.2) is 4.98 Å². The Kier molecular flexibility index (Phi) is 4.12. The van der Waals surface area contributed by atoms with Crippen LogP contribution >= 0.6 is 0 Å². The van der Waals surface area contributed by atoms with Crippen LogP contribution in [-0.4, -0.2) is 18.1 Å². The summed E-state index contributed by atoms with van der Waals surface area (Å²) < 4.78 is 0. The van der Waals surface area contributed by atoms with Crippen molar-refractivity contribution in [3.8, 4) is 12.1 Å². The average Bonchev–Trinajstić information content (AvgIpc) is 2.31. The van der Waals surface area contributed by atoms with Crippen molar-refractivity contribution in [2.75, 3.05) is 18.0 Å². The number of rotatable bonds is 4. The second-order valence-corrected chi connectivity index (χ2v) is 3.00. The lowest BCUT2D eigenvalue weighted by Gasteiger charge is -2.21. The molecule has 0 spiro atoms. The minimum Gasteiger partial charge on any atom is -0.370 e. The molecule has 0 aromatic carbocycles. The molecule has 0 bridgehead atoms. The first-order chi connectivity index (χ1) is 7.31. The summed E-state index contributed by atoms with van der Waals surface area (Å²) in [6.07, 6.45) is 2.16. The lowest BCUT2D eigenvalue weighted by molar-refractivity contribution is 0.824. The van der Waals surface area contributed by atoms with Gasteiger partial charge < -0.3 is 4.90 Å². The van der Waals surface area contributed by atoms with Gasteiger partial charge in [-0.1, -0.05) is 0 Å². The summed E-state index contributed by atoms with van der Waals surface area (Å²) in [7, 11) is 0. The van der Waals surface area contributed by atoms with Crippen LogP contribution < -0.4 is 4.90 Å². The summed E-state index contributed by atoms with van der Waals surface area (Å²) >= 11 is 0. The third-order valence-electron chi connectivity index (χ3n) is 2.10. The van der Waals surface area contributed by atoms with Gasteiger partial charge in [0.05, 0.1) is 24.4 Å². The van der Waals surface area contributed by atoms with E-state index in [9.17, 15) is 0 Å². The van der Waals surface area contributed by atoms with Crippen LogP contribution in [0.4, 0.5) is 5.69 Å². The van der Waals surface area contributed by atoms with Crippen molar-refractivity contribution >= 4 is 5.69 Å². The highest BCUT2D eigenvalue weighted by molar-refractivity contribution is 5.45. The van der Waals surface area contributed by atoms with E-state index in [1.54, 1.807) is 12.3 Å². The summed E-state index contributed by atoms with van der Waals surface area (Å²) in [5, 5.41) is 17.1. The van der Waals surface area contributed by atoms with Gasteiger partial charge in [0.25, 0.3) is 0 Å². The first-order valence-corrected chi connectivity index (χ1v) is 4.80. The molecule has 0 aliphatic carbocycles. The lowest BCUT2D eigenvalue weighted by Crippen LogP contribution is -2.23. The van der Waals surface area contributed by atoms with E-state index in [-0.39, 0.29) is 0 Å². The lowest BCUT2D eigenvalue weighted by atomic mass is 10.3. The number of hydrogen-bond acceptors (Lipinski definition) is 4. The molecule has 1 rings (SSSR count). The summed E-state index contributed by atoms with van der Waals surface area (Å²) in [5.41, 5.74) is 1.36. The number of hydrogen-bond donors (Lipinski definition) is 0. The Morgan fingerprint density at radius 2 is 2.20 bits per heavy atom. The molecule has 0 aliphatic rings. The van der Waals surface area contributed by atoms with Crippen LogP contribution in [0.25, 0.3) is 0 Å². The Bertz CT molecular complexity index is 383. The second kappa shape index (κ2) is 5.62. The summed E-state index contributed by atoms with van der Waals surface area (Å²) in [6.45, 7) is 3.55. The number of anilines is 1. The van der Waals surface area contributed by atoms with Crippen LogP contribution in [0.5, 0.6) is 0 Å². The van der Waals surface area contributed by atoms with E-state index in [0.717, 1.165) is 12.2 Å². The van der Waals surface area contributed by atoms with Crippen molar-refractivity contribution in [1.29, 1.82) is 10.5 Å². The molecule has 0 aliphatic heterocycles. The molecule has 1 aromatic heterocycles. The molecular formula is C11H12N4. The van der Waals surface area contributed by atoms with Gasteiger partial charge in [0.1, 0.15) is 11.8 Å². The molecule has 1 aromatic rings. The fraction of sp³-hybridized carbons (Fsp3) is 0.364. The van der Waals surface area contributed by atoms with E-state index in [1.807, 2.05) is 19.1 Å². The standard InChI is InChI=1S/C11H12N4/c1-2-15(7-3-6-12)11-5-4-10(8-13)14-9-11/h4-5,9H,2-3,7H2,1H3. The van der Waals surface area contributed by atoms with Crippen molar-refractivity contribution in [3.05, 3.63) is 24.0 Å². The van der Waals surface area contributed by atoms with Gasteiger partial charge in [-0.15, -0.1) is 0 Å². The number of aromatic nitrogens is 1. The molecule has 0 fully saturated rings. The molecule has 0 amide bonds. The van der Waals surface area contributed by atoms with Crippen molar-refractivity contribution in [3.63, 3.8) is 0 Å².